The number of rotatable bonds is 6. The summed E-state index contributed by atoms with van der Waals surface area (Å²) in [6, 6.07) is 11.3. The Labute approximate surface area is 163 Å². The first-order valence-electron chi connectivity index (χ1n) is 9.52. The number of carbonyl (C=O) groups excluding carboxylic acids is 1. The van der Waals surface area contributed by atoms with E-state index in [0.29, 0.717) is 28.8 Å². The summed E-state index contributed by atoms with van der Waals surface area (Å²) in [5.74, 6) is 0.501. The number of ketones is 1. The highest BCUT2D eigenvalue weighted by Gasteiger charge is 2.13. The first-order valence-corrected chi connectivity index (χ1v) is 9.52. The number of pyridine rings is 1. The largest absolute Gasteiger partial charge is 0.382 e. The lowest BCUT2D eigenvalue weighted by atomic mass is 10.0. The number of aromatic nitrogens is 3. The molecule has 1 aliphatic heterocycles. The van der Waals surface area contributed by atoms with Crippen LogP contribution in [0.1, 0.15) is 23.2 Å². The van der Waals surface area contributed by atoms with Crippen molar-refractivity contribution >= 4 is 22.6 Å². The van der Waals surface area contributed by atoms with Crippen molar-refractivity contribution in [2.24, 2.45) is 0 Å². The van der Waals surface area contributed by atoms with Gasteiger partial charge >= 0.3 is 0 Å². The maximum atomic E-state index is 12.6. The molecular weight excluding hydrogens is 354 g/mol. The number of Topliss-reactive ketones (excluding diaryl/α,β-unsaturated/α-hetero) is 1. The van der Waals surface area contributed by atoms with Gasteiger partial charge in [0.1, 0.15) is 11.8 Å². The van der Waals surface area contributed by atoms with E-state index in [4.69, 9.17) is 10.5 Å². The minimum Gasteiger partial charge on any atom is -0.382 e. The second-order valence-corrected chi connectivity index (χ2v) is 6.88. The summed E-state index contributed by atoms with van der Waals surface area (Å²) in [6.45, 7) is 4.39. The zero-order valence-corrected chi connectivity index (χ0v) is 15.7. The van der Waals surface area contributed by atoms with Crippen molar-refractivity contribution in [3.05, 3.63) is 48.3 Å². The molecule has 0 saturated carbocycles. The predicted octanol–water partition coefficient (Wildman–Crippen LogP) is 2.57. The van der Waals surface area contributed by atoms with Gasteiger partial charge in [0.25, 0.3) is 0 Å². The zero-order valence-electron chi connectivity index (χ0n) is 15.7. The first kappa shape index (κ1) is 18.5. The second-order valence-electron chi connectivity index (χ2n) is 6.88. The minimum absolute atomic E-state index is 0.152. The van der Waals surface area contributed by atoms with Gasteiger partial charge in [-0.25, -0.2) is 15.0 Å². The third-order valence-corrected chi connectivity index (χ3v) is 4.97. The van der Waals surface area contributed by atoms with Crippen LogP contribution in [0.2, 0.25) is 0 Å². The highest BCUT2D eigenvalue weighted by molar-refractivity contribution is 5.97. The Morgan fingerprint density at radius 2 is 2.00 bits per heavy atom. The Morgan fingerprint density at radius 3 is 2.86 bits per heavy atom. The fourth-order valence-electron chi connectivity index (χ4n) is 3.40. The van der Waals surface area contributed by atoms with Crippen molar-refractivity contribution in [2.75, 3.05) is 38.6 Å². The number of carbonyl (C=O) groups is 1. The molecule has 1 fully saturated rings. The van der Waals surface area contributed by atoms with Gasteiger partial charge in [-0.2, -0.15) is 0 Å². The summed E-state index contributed by atoms with van der Waals surface area (Å²) in [6.07, 6.45) is 2.81. The number of hydrogen-bond donors (Lipinski definition) is 1. The molecule has 0 aliphatic carbocycles. The maximum Gasteiger partial charge on any atom is 0.162 e. The molecule has 144 valence electrons. The van der Waals surface area contributed by atoms with Crippen molar-refractivity contribution < 1.29 is 9.53 Å². The summed E-state index contributed by atoms with van der Waals surface area (Å²) in [4.78, 5) is 27.7. The second kappa shape index (κ2) is 8.41. The monoisotopic (exact) mass is 377 g/mol. The number of nitrogens with two attached hydrogens (primary N) is 1. The number of benzene rings is 1. The Bertz CT molecular complexity index is 985. The van der Waals surface area contributed by atoms with Gasteiger partial charge in [0.2, 0.25) is 0 Å². The quantitative estimate of drug-likeness (QED) is 0.660. The molecule has 0 bridgehead atoms. The number of nitrogen functional groups attached to an aromatic ring is 1. The average molecular weight is 377 g/mol. The molecule has 0 atom stereocenters. The summed E-state index contributed by atoms with van der Waals surface area (Å²) >= 11 is 0. The van der Waals surface area contributed by atoms with Crippen LogP contribution in [0.25, 0.3) is 22.3 Å². The van der Waals surface area contributed by atoms with Crippen LogP contribution in [-0.4, -0.2) is 58.5 Å². The molecule has 7 nitrogen and oxygen atoms in total. The Balaban J connectivity index is 1.46. The minimum atomic E-state index is 0.152. The van der Waals surface area contributed by atoms with Crippen LogP contribution in [0.5, 0.6) is 0 Å². The van der Waals surface area contributed by atoms with Crippen LogP contribution in [0.4, 0.5) is 5.82 Å². The molecule has 3 aromatic rings. The van der Waals surface area contributed by atoms with Gasteiger partial charge in [-0.1, -0.05) is 18.2 Å². The molecule has 0 amide bonds. The van der Waals surface area contributed by atoms with Crippen LogP contribution in [0, 0.1) is 0 Å². The van der Waals surface area contributed by atoms with Crippen molar-refractivity contribution in [3.63, 3.8) is 0 Å². The molecule has 4 rings (SSSR count). The van der Waals surface area contributed by atoms with Gasteiger partial charge in [-0.3, -0.25) is 9.69 Å². The fraction of sp³-hybridized carbons (Fsp3) is 0.333. The van der Waals surface area contributed by atoms with E-state index < -0.39 is 0 Å². The average Bonchev–Trinajstić information content (AvgIpc) is 2.75. The molecule has 2 N–H and O–H groups in total. The van der Waals surface area contributed by atoms with E-state index in [-0.39, 0.29) is 5.78 Å². The Kier molecular flexibility index (Phi) is 5.55. The summed E-state index contributed by atoms with van der Waals surface area (Å²) < 4.78 is 5.36. The molecule has 28 heavy (non-hydrogen) atoms. The third-order valence-electron chi connectivity index (χ3n) is 4.97. The molecule has 0 spiro atoms. The predicted molar refractivity (Wildman–Crippen MR) is 108 cm³/mol. The van der Waals surface area contributed by atoms with Crippen LogP contribution in [0.15, 0.2) is 42.7 Å². The number of fused-ring (bicyclic) bond motifs is 1. The number of ether oxygens (including phenoxy) is 1. The van der Waals surface area contributed by atoms with Gasteiger partial charge in [-0.05, 0) is 31.2 Å². The number of morpholine rings is 1. The molecular formula is C21H23N5O2. The zero-order chi connectivity index (χ0) is 19.3. The summed E-state index contributed by atoms with van der Waals surface area (Å²) in [5, 5.41) is 0. The standard InChI is InChI=1S/C21H23N5O2/c22-21-20-18(23-14-24-21)7-6-17(25-20)15-3-1-4-16(13-15)19(27)5-2-8-26-9-11-28-12-10-26/h1,3-4,6-7,13-14H,2,5,8-12H2,(H2,22,23,24). The molecule has 0 unspecified atom stereocenters. The van der Waals surface area contributed by atoms with Crippen molar-refractivity contribution in [2.45, 2.75) is 12.8 Å². The normalized spacial score (nSPS) is 15.0. The lowest BCUT2D eigenvalue weighted by Gasteiger charge is -2.26. The Hall–Kier alpha value is -2.90. The SMILES string of the molecule is Nc1ncnc2ccc(-c3cccc(C(=O)CCCN4CCOCC4)c3)nc12. The molecule has 2 aromatic heterocycles. The van der Waals surface area contributed by atoms with E-state index in [1.54, 1.807) is 0 Å². The number of hydrogen-bond acceptors (Lipinski definition) is 7. The molecule has 1 aliphatic rings. The van der Waals surface area contributed by atoms with Gasteiger partial charge in [0.05, 0.1) is 24.4 Å². The van der Waals surface area contributed by atoms with Gasteiger partial charge < -0.3 is 10.5 Å². The van der Waals surface area contributed by atoms with Crippen LogP contribution in [0.3, 0.4) is 0 Å². The van der Waals surface area contributed by atoms with Crippen molar-refractivity contribution in [1.82, 2.24) is 19.9 Å². The topological polar surface area (TPSA) is 94.2 Å². The summed E-state index contributed by atoms with van der Waals surface area (Å²) in [7, 11) is 0. The van der Waals surface area contributed by atoms with E-state index in [2.05, 4.69) is 19.9 Å². The lowest BCUT2D eigenvalue weighted by molar-refractivity contribution is 0.0371. The molecule has 3 heterocycles. The third kappa shape index (κ3) is 4.16. The van der Waals surface area contributed by atoms with E-state index in [0.717, 1.165) is 50.5 Å². The number of anilines is 1. The van der Waals surface area contributed by atoms with Gasteiger partial charge in [0, 0.05) is 30.6 Å². The fourth-order valence-corrected chi connectivity index (χ4v) is 3.40. The molecule has 0 radical (unpaired) electrons. The van der Waals surface area contributed by atoms with Crippen molar-refractivity contribution in [3.8, 4) is 11.3 Å². The van der Waals surface area contributed by atoms with Crippen LogP contribution in [-0.2, 0) is 4.74 Å². The van der Waals surface area contributed by atoms with E-state index in [1.807, 2.05) is 36.4 Å². The highest BCUT2D eigenvalue weighted by atomic mass is 16.5. The molecule has 7 heteroatoms. The van der Waals surface area contributed by atoms with Gasteiger partial charge in [0.15, 0.2) is 11.6 Å². The maximum absolute atomic E-state index is 12.6. The van der Waals surface area contributed by atoms with E-state index >= 15 is 0 Å². The molecule has 1 saturated heterocycles. The smallest absolute Gasteiger partial charge is 0.162 e. The Morgan fingerprint density at radius 1 is 1.14 bits per heavy atom. The van der Waals surface area contributed by atoms with Crippen LogP contribution >= 0.6 is 0 Å². The molecule has 1 aromatic carbocycles. The summed E-state index contributed by atoms with van der Waals surface area (Å²) in [5.41, 5.74) is 9.52. The highest BCUT2D eigenvalue weighted by Crippen LogP contribution is 2.23. The van der Waals surface area contributed by atoms with Crippen molar-refractivity contribution in [1.29, 1.82) is 0 Å². The van der Waals surface area contributed by atoms with Crippen LogP contribution < -0.4 is 5.73 Å². The van der Waals surface area contributed by atoms with Gasteiger partial charge in [-0.15, -0.1) is 0 Å². The number of nitrogens with zero attached hydrogens (tertiary/aromatic N) is 4. The van der Waals surface area contributed by atoms with E-state index in [9.17, 15) is 4.79 Å². The lowest BCUT2D eigenvalue weighted by Crippen LogP contribution is -2.36. The van der Waals surface area contributed by atoms with E-state index in [1.165, 1.54) is 6.33 Å². The first-order chi connectivity index (χ1) is 13.7.